The zero-order chi connectivity index (χ0) is 15.4. The van der Waals surface area contributed by atoms with Crippen LogP contribution < -0.4 is 4.74 Å². The number of benzene rings is 1. The molecule has 1 amide bonds. The van der Waals surface area contributed by atoms with Crippen molar-refractivity contribution in [1.82, 2.24) is 4.90 Å². The molecule has 0 bridgehead atoms. The molecule has 0 aliphatic carbocycles. The number of carbonyl (C=O) groups is 2. The zero-order valence-electron chi connectivity index (χ0n) is 11.0. The number of halogens is 2. The summed E-state index contributed by atoms with van der Waals surface area (Å²) >= 11 is 11.7. The molecule has 1 fully saturated rings. The minimum Gasteiger partial charge on any atom is -0.481 e. The lowest BCUT2D eigenvalue weighted by atomic mass is 10.2. The summed E-state index contributed by atoms with van der Waals surface area (Å²) in [6, 6.07) is 2.59. The summed E-state index contributed by atoms with van der Waals surface area (Å²) in [5.41, 5.74) is -0.178. The molecule has 0 unspecified atom stereocenters. The standard InChI is InChI=1S/C13H13Cl2NO5/c14-8-5-9(13(18)19)12(10(15)6-8)21-7-11(17)16-1-3-20-4-2-16/h5-6H,1-4,7H2,(H,18,19). The van der Waals surface area contributed by atoms with Gasteiger partial charge in [-0.25, -0.2) is 4.79 Å². The van der Waals surface area contributed by atoms with E-state index in [0.717, 1.165) is 0 Å². The van der Waals surface area contributed by atoms with E-state index in [0.29, 0.717) is 26.3 Å². The molecule has 0 spiro atoms. The van der Waals surface area contributed by atoms with Crippen LogP contribution in [0, 0.1) is 0 Å². The summed E-state index contributed by atoms with van der Waals surface area (Å²) in [4.78, 5) is 24.7. The lowest BCUT2D eigenvalue weighted by Crippen LogP contribution is -2.43. The van der Waals surface area contributed by atoms with Gasteiger partial charge in [0.2, 0.25) is 0 Å². The molecule has 8 heteroatoms. The number of hydrogen-bond donors (Lipinski definition) is 1. The van der Waals surface area contributed by atoms with E-state index in [2.05, 4.69) is 0 Å². The van der Waals surface area contributed by atoms with Crippen LogP contribution >= 0.6 is 23.2 Å². The molecule has 1 heterocycles. The number of morpholine rings is 1. The number of ether oxygens (including phenoxy) is 2. The second-order valence-corrected chi connectivity index (χ2v) is 5.19. The SMILES string of the molecule is O=C(O)c1cc(Cl)cc(Cl)c1OCC(=O)N1CCOCC1. The number of carboxylic acid groups (broad SMARTS) is 1. The van der Waals surface area contributed by atoms with Crippen LogP contribution in [0.15, 0.2) is 12.1 Å². The minimum absolute atomic E-state index is 0.0506. The van der Waals surface area contributed by atoms with Crippen molar-refractivity contribution in [1.29, 1.82) is 0 Å². The summed E-state index contributed by atoms with van der Waals surface area (Å²) in [6.45, 7) is 1.65. The third kappa shape index (κ3) is 4.00. The summed E-state index contributed by atoms with van der Waals surface area (Å²) < 4.78 is 10.4. The topological polar surface area (TPSA) is 76.1 Å². The first-order valence-electron chi connectivity index (χ1n) is 6.19. The Balaban J connectivity index is 2.08. The number of carboxylic acids is 1. The average Bonchev–Trinajstić information content (AvgIpc) is 2.46. The second-order valence-electron chi connectivity index (χ2n) is 4.35. The van der Waals surface area contributed by atoms with Gasteiger partial charge in [-0.15, -0.1) is 0 Å². The molecule has 0 saturated carbocycles. The fourth-order valence-corrected chi connectivity index (χ4v) is 2.45. The molecule has 0 aromatic heterocycles. The number of nitrogens with zero attached hydrogens (tertiary/aromatic N) is 1. The van der Waals surface area contributed by atoms with Crippen molar-refractivity contribution in [2.24, 2.45) is 0 Å². The largest absolute Gasteiger partial charge is 0.481 e. The molecular formula is C13H13Cl2NO5. The predicted octanol–water partition coefficient (Wildman–Crippen LogP) is 1.93. The smallest absolute Gasteiger partial charge is 0.339 e. The Morgan fingerprint density at radius 1 is 1.29 bits per heavy atom. The summed E-state index contributed by atoms with van der Waals surface area (Å²) in [5, 5.41) is 9.35. The highest BCUT2D eigenvalue weighted by atomic mass is 35.5. The monoisotopic (exact) mass is 333 g/mol. The summed E-state index contributed by atoms with van der Waals surface area (Å²) in [6.07, 6.45) is 0. The van der Waals surface area contributed by atoms with E-state index in [-0.39, 0.29) is 33.9 Å². The third-order valence-corrected chi connectivity index (χ3v) is 3.44. The molecule has 1 aromatic rings. The van der Waals surface area contributed by atoms with Gasteiger partial charge in [0, 0.05) is 18.1 Å². The van der Waals surface area contributed by atoms with Crippen molar-refractivity contribution in [2.45, 2.75) is 0 Å². The maximum Gasteiger partial charge on any atom is 0.339 e. The lowest BCUT2D eigenvalue weighted by Gasteiger charge is -2.26. The first kappa shape index (κ1) is 15.9. The fraction of sp³-hybridized carbons (Fsp3) is 0.385. The Labute approximate surface area is 131 Å². The molecule has 1 aliphatic rings. The first-order valence-corrected chi connectivity index (χ1v) is 6.95. The van der Waals surface area contributed by atoms with Crippen LogP contribution in [-0.4, -0.2) is 54.8 Å². The van der Waals surface area contributed by atoms with Crippen LogP contribution in [0.5, 0.6) is 5.75 Å². The minimum atomic E-state index is -1.23. The fourth-order valence-electron chi connectivity index (χ4n) is 1.90. The van der Waals surface area contributed by atoms with Crippen LogP contribution in [0.25, 0.3) is 0 Å². The van der Waals surface area contributed by atoms with Crippen LogP contribution in [0.1, 0.15) is 10.4 Å². The Bertz CT molecular complexity index is 558. The molecule has 6 nitrogen and oxygen atoms in total. The van der Waals surface area contributed by atoms with E-state index in [1.54, 1.807) is 4.90 Å². The Morgan fingerprint density at radius 3 is 2.57 bits per heavy atom. The van der Waals surface area contributed by atoms with Crippen molar-refractivity contribution >= 4 is 35.1 Å². The van der Waals surface area contributed by atoms with Crippen molar-refractivity contribution in [2.75, 3.05) is 32.9 Å². The normalized spacial score (nSPS) is 14.9. The van der Waals surface area contributed by atoms with Gasteiger partial charge in [-0.3, -0.25) is 4.79 Å². The Morgan fingerprint density at radius 2 is 1.95 bits per heavy atom. The van der Waals surface area contributed by atoms with Crippen LogP contribution in [-0.2, 0) is 9.53 Å². The molecule has 0 atom stereocenters. The van der Waals surface area contributed by atoms with Gasteiger partial charge in [0.25, 0.3) is 5.91 Å². The van der Waals surface area contributed by atoms with Gasteiger partial charge in [0.15, 0.2) is 12.4 Å². The van der Waals surface area contributed by atoms with Crippen molar-refractivity contribution < 1.29 is 24.2 Å². The maximum absolute atomic E-state index is 12.0. The van der Waals surface area contributed by atoms with Gasteiger partial charge in [-0.2, -0.15) is 0 Å². The van der Waals surface area contributed by atoms with Gasteiger partial charge in [0.1, 0.15) is 5.56 Å². The molecule has 1 aromatic carbocycles. The van der Waals surface area contributed by atoms with Crippen molar-refractivity contribution in [3.8, 4) is 5.75 Å². The quantitative estimate of drug-likeness (QED) is 0.911. The van der Waals surface area contributed by atoms with Gasteiger partial charge < -0.3 is 19.5 Å². The van der Waals surface area contributed by atoms with E-state index < -0.39 is 5.97 Å². The zero-order valence-corrected chi connectivity index (χ0v) is 12.5. The van der Waals surface area contributed by atoms with E-state index in [4.69, 9.17) is 37.8 Å². The second kappa shape index (κ2) is 6.98. The molecule has 0 radical (unpaired) electrons. The molecule has 21 heavy (non-hydrogen) atoms. The number of rotatable bonds is 4. The highest BCUT2D eigenvalue weighted by Crippen LogP contribution is 2.32. The molecule has 114 valence electrons. The van der Waals surface area contributed by atoms with Crippen LogP contribution in [0.4, 0.5) is 0 Å². The molecule has 1 N–H and O–H groups in total. The summed E-state index contributed by atoms with van der Waals surface area (Å²) in [5.74, 6) is -1.54. The molecule has 1 saturated heterocycles. The third-order valence-electron chi connectivity index (χ3n) is 2.94. The highest BCUT2D eigenvalue weighted by Gasteiger charge is 2.21. The van der Waals surface area contributed by atoms with Gasteiger partial charge in [-0.05, 0) is 12.1 Å². The van der Waals surface area contributed by atoms with Crippen LogP contribution in [0.3, 0.4) is 0 Å². The summed E-state index contributed by atoms with van der Waals surface area (Å²) in [7, 11) is 0. The van der Waals surface area contributed by atoms with E-state index in [1.807, 2.05) is 0 Å². The van der Waals surface area contributed by atoms with Crippen LogP contribution in [0.2, 0.25) is 10.0 Å². The van der Waals surface area contributed by atoms with Gasteiger partial charge in [-0.1, -0.05) is 23.2 Å². The van der Waals surface area contributed by atoms with E-state index in [1.165, 1.54) is 12.1 Å². The molecule has 1 aliphatic heterocycles. The van der Waals surface area contributed by atoms with E-state index >= 15 is 0 Å². The number of amides is 1. The maximum atomic E-state index is 12.0. The number of aromatic carboxylic acids is 1. The predicted molar refractivity (Wildman–Crippen MR) is 76.3 cm³/mol. The van der Waals surface area contributed by atoms with Gasteiger partial charge >= 0.3 is 5.97 Å². The highest BCUT2D eigenvalue weighted by molar-refractivity contribution is 6.36. The van der Waals surface area contributed by atoms with Gasteiger partial charge in [0.05, 0.1) is 18.2 Å². The number of hydrogen-bond acceptors (Lipinski definition) is 4. The molecular weight excluding hydrogens is 321 g/mol. The number of carbonyl (C=O) groups excluding carboxylic acids is 1. The first-order chi connectivity index (χ1) is 9.99. The lowest BCUT2D eigenvalue weighted by molar-refractivity contribution is -0.137. The van der Waals surface area contributed by atoms with Crippen molar-refractivity contribution in [3.05, 3.63) is 27.7 Å². The Kier molecular flexibility index (Phi) is 5.27. The Hall–Kier alpha value is -1.50. The van der Waals surface area contributed by atoms with E-state index in [9.17, 15) is 9.59 Å². The molecule has 2 rings (SSSR count). The average molecular weight is 334 g/mol. The van der Waals surface area contributed by atoms with Crippen molar-refractivity contribution in [3.63, 3.8) is 0 Å².